The van der Waals surface area contributed by atoms with E-state index in [-0.39, 0.29) is 52.7 Å². The number of ether oxygens (including phenoxy) is 1. The third kappa shape index (κ3) is 5.84. The van der Waals surface area contributed by atoms with Crippen LogP contribution in [0.25, 0.3) is 0 Å². The fourth-order valence-electron chi connectivity index (χ4n) is 13.0. The predicted octanol–water partition coefficient (Wildman–Crippen LogP) is 7.86. The lowest BCUT2D eigenvalue weighted by Gasteiger charge is -2.61. The number of carbonyl (C=O) groups is 3. The van der Waals surface area contributed by atoms with Crippen LogP contribution in [0.2, 0.25) is 0 Å². The third-order valence-electron chi connectivity index (χ3n) is 16.3. The molecule has 6 fully saturated rings. The zero-order valence-electron chi connectivity index (χ0n) is 30.4. The average molecular weight is 674 g/mol. The van der Waals surface area contributed by atoms with Gasteiger partial charge in [0.15, 0.2) is 0 Å². The van der Waals surface area contributed by atoms with Gasteiger partial charge in [-0.15, -0.1) is 0 Å². The molecule has 8 heteroatoms. The van der Waals surface area contributed by atoms with Gasteiger partial charge in [0.1, 0.15) is 11.9 Å². The number of nitrogens with one attached hydrogen (secondary N) is 1. The van der Waals surface area contributed by atoms with Crippen molar-refractivity contribution in [2.45, 2.75) is 151 Å². The molecule has 2 bridgehead atoms. The molecule has 6 rings (SSSR count). The largest absolute Gasteiger partial charge is 0.462 e. The van der Waals surface area contributed by atoms with E-state index >= 15 is 0 Å². The summed E-state index contributed by atoms with van der Waals surface area (Å²) in [6.45, 7) is 15.4. The topological polar surface area (TPSA) is 107 Å². The minimum Gasteiger partial charge on any atom is -0.462 e. The van der Waals surface area contributed by atoms with E-state index in [1.807, 2.05) is 27.7 Å². The Balaban J connectivity index is 1.03. The van der Waals surface area contributed by atoms with Gasteiger partial charge in [-0.25, -0.2) is 8.42 Å². The molecule has 0 aromatic heterocycles. The van der Waals surface area contributed by atoms with Gasteiger partial charge < -0.3 is 4.74 Å². The van der Waals surface area contributed by atoms with E-state index in [0.29, 0.717) is 48.3 Å². The van der Waals surface area contributed by atoms with Crippen molar-refractivity contribution in [3.8, 4) is 0 Å². The van der Waals surface area contributed by atoms with Gasteiger partial charge >= 0.3 is 5.97 Å². The summed E-state index contributed by atoms with van der Waals surface area (Å²) in [4.78, 5) is 38.5. The van der Waals surface area contributed by atoms with E-state index in [1.165, 1.54) is 38.5 Å². The molecule has 6 aliphatic carbocycles. The molecule has 6 aliphatic rings. The highest BCUT2D eigenvalue weighted by molar-refractivity contribution is 7.90. The first kappa shape index (κ1) is 35.4. The third-order valence-corrected chi connectivity index (χ3v) is 17.8. The van der Waals surface area contributed by atoms with Gasteiger partial charge in [-0.3, -0.25) is 19.1 Å². The molecule has 0 saturated heterocycles. The second-order valence-corrected chi connectivity index (χ2v) is 20.2. The molecule has 47 heavy (non-hydrogen) atoms. The SMILES string of the molecule is CCC(C)C(=O)O[C@H]1CC[C@@]2(C)C(CCC3C4CCC(C(C)CCC(=O)NS(=O)(=O)CC56CCC(CC5=O)C6(C)C)[C@@]4(C)CCC32)C1. The molecule has 1 N–H and O–H groups in total. The number of amides is 1. The smallest absolute Gasteiger partial charge is 0.308 e. The summed E-state index contributed by atoms with van der Waals surface area (Å²) >= 11 is 0. The van der Waals surface area contributed by atoms with Crippen LogP contribution in [0.1, 0.15) is 145 Å². The van der Waals surface area contributed by atoms with Crippen LogP contribution in [0.3, 0.4) is 0 Å². The molecule has 0 heterocycles. The van der Waals surface area contributed by atoms with Crippen molar-refractivity contribution in [1.82, 2.24) is 4.72 Å². The zero-order valence-corrected chi connectivity index (χ0v) is 31.2. The summed E-state index contributed by atoms with van der Waals surface area (Å²) in [5.74, 6) is 3.29. The van der Waals surface area contributed by atoms with E-state index in [1.54, 1.807) is 0 Å². The van der Waals surface area contributed by atoms with Crippen LogP contribution in [0, 0.1) is 69.0 Å². The zero-order chi connectivity index (χ0) is 34.2. The molecule has 0 aromatic carbocycles. The van der Waals surface area contributed by atoms with Crippen molar-refractivity contribution in [2.75, 3.05) is 5.75 Å². The summed E-state index contributed by atoms with van der Waals surface area (Å²) in [5, 5.41) is 0. The van der Waals surface area contributed by atoms with E-state index in [4.69, 9.17) is 4.74 Å². The molecular formula is C39H63NO6S. The second kappa shape index (κ2) is 12.4. The second-order valence-electron chi connectivity index (χ2n) is 18.5. The summed E-state index contributed by atoms with van der Waals surface area (Å²) in [6, 6.07) is 0. The lowest BCUT2D eigenvalue weighted by molar-refractivity contribution is -0.166. The minimum absolute atomic E-state index is 0.0221. The van der Waals surface area contributed by atoms with Crippen molar-refractivity contribution in [3.63, 3.8) is 0 Å². The minimum atomic E-state index is -3.90. The maximum Gasteiger partial charge on any atom is 0.308 e. The Morgan fingerprint density at radius 2 is 1.60 bits per heavy atom. The molecule has 9 unspecified atom stereocenters. The maximum atomic E-state index is 13.2. The maximum absolute atomic E-state index is 13.2. The molecule has 1 amide bonds. The molecule has 6 saturated carbocycles. The van der Waals surface area contributed by atoms with Gasteiger partial charge in [-0.1, -0.05) is 48.5 Å². The Morgan fingerprint density at radius 3 is 2.26 bits per heavy atom. The highest BCUT2D eigenvalue weighted by Gasteiger charge is 2.65. The van der Waals surface area contributed by atoms with Crippen LogP contribution in [0.4, 0.5) is 0 Å². The predicted molar refractivity (Wildman–Crippen MR) is 183 cm³/mol. The van der Waals surface area contributed by atoms with Gasteiger partial charge in [0.05, 0.1) is 17.1 Å². The number of ketones is 1. The lowest BCUT2D eigenvalue weighted by atomic mass is 9.44. The molecule has 0 radical (unpaired) electrons. The van der Waals surface area contributed by atoms with Gasteiger partial charge in [0.2, 0.25) is 15.9 Å². The van der Waals surface area contributed by atoms with Crippen molar-refractivity contribution >= 4 is 27.7 Å². The first-order valence-corrected chi connectivity index (χ1v) is 20.9. The normalized spacial score (nSPS) is 43.4. The molecule has 0 aromatic rings. The van der Waals surface area contributed by atoms with Crippen LogP contribution in [0.15, 0.2) is 0 Å². The lowest BCUT2D eigenvalue weighted by Crippen LogP contribution is -2.54. The molecule has 0 aliphatic heterocycles. The number of Topliss-reactive ketones (excluding diaryl/α,β-unsaturated/α-hetero) is 1. The Bertz CT molecular complexity index is 1360. The van der Waals surface area contributed by atoms with Crippen molar-refractivity contribution in [2.24, 2.45) is 69.0 Å². The Kier molecular flexibility index (Phi) is 9.34. The number of sulfonamides is 1. The highest BCUT2D eigenvalue weighted by Crippen LogP contribution is 2.69. The average Bonchev–Trinajstić information content (AvgIpc) is 3.54. The number of fused-ring (bicyclic) bond motifs is 7. The monoisotopic (exact) mass is 673 g/mol. The summed E-state index contributed by atoms with van der Waals surface area (Å²) in [5.41, 5.74) is -0.614. The van der Waals surface area contributed by atoms with Crippen LogP contribution < -0.4 is 4.72 Å². The quantitative estimate of drug-likeness (QED) is 0.237. The van der Waals surface area contributed by atoms with Gasteiger partial charge in [0.25, 0.3) is 0 Å². The molecular weight excluding hydrogens is 610 g/mol. The number of rotatable bonds is 10. The number of esters is 1. The fourth-order valence-corrected chi connectivity index (χ4v) is 14.8. The number of hydrogen-bond acceptors (Lipinski definition) is 6. The highest BCUT2D eigenvalue weighted by atomic mass is 32.2. The van der Waals surface area contributed by atoms with Crippen LogP contribution in [-0.2, 0) is 29.1 Å². The van der Waals surface area contributed by atoms with Crippen LogP contribution in [0.5, 0.6) is 0 Å². The summed E-state index contributed by atoms with van der Waals surface area (Å²) < 4.78 is 34.8. The number of hydrogen-bond donors (Lipinski definition) is 1. The first-order valence-electron chi connectivity index (χ1n) is 19.2. The van der Waals surface area contributed by atoms with E-state index in [0.717, 1.165) is 43.9 Å². The number of carbonyl (C=O) groups excluding carboxylic acids is 3. The van der Waals surface area contributed by atoms with Crippen LogP contribution in [-0.4, -0.2) is 37.9 Å². The molecule has 12 atom stereocenters. The van der Waals surface area contributed by atoms with E-state index in [2.05, 4.69) is 25.5 Å². The van der Waals surface area contributed by atoms with Crippen molar-refractivity contribution in [1.29, 1.82) is 0 Å². The van der Waals surface area contributed by atoms with Gasteiger partial charge in [-0.2, -0.15) is 0 Å². The first-order chi connectivity index (χ1) is 22.0. The van der Waals surface area contributed by atoms with E-state index in [9.17, 15) is 22.8 Å². The summed E-state index contributed by atoms with van der Waals surface area (Å²) in [6.07, 6.45) is 14.4. The Labute approximate surface area is 284 Å². The summed E-state index contributed by atoms with van der Waals surface area (Å²) in [7, 11) is -3.90. The molecule has 266 valence electrons. The van der Waals surface area contributed by atoms with E-state index < -0.39 is 21.3 Å². The molecule has 7 nitrogen and oxygen atoms in total. The van der Waals surface area contributed by atoms with Gasteiger partial charge in [-0.05, 0) is 141 Å². The van der Waals surface area contributed by atoms with Crippen LogP contribution >= 0.6 is 0 Å². The Hall–Kier alpha value is -1.44. The molecule has 0 spiro atoms. The standard InChI is InChI=1S/C39H63NO6S/c1-8-24(2)35(43)46-28-16-18-37(6)27(21-28)10-11-29-31-13-12-30(38(31,7)19-17-32(29)37)25(3)9-14-34(42)40-47(44,45)23-39-20-15-26(22-33(39)41)36(39,4)5/h24-32H,8-23H2,1-7H3,(H,40,42)/t24?,25?,26?,27?,28-,29?,30?,31?,32?,37-,38+,39?/m0/s1. The fraction of sp³-hybridized carbons (Fsp3) is 0.923. The van der Waals surface area contributed by atoms with Crippen molar-refractivity contribution < 1.29 is 27.5 Å². The van der Waals surface area contributed by atoms with Gasteiger partial charge in [0, 0.05) is 12.8 Å². The van der Waals surface area contributed by atoms with Crippen molar-refractivity contribution in [3.05, 3.63) is 0 Å². The Morgan fingerprint density at radius 1 is 0.894 bits per heavy atom.